The monoisotopic (exact) mass is 156 g/mol. The molecule has 0 aliphatic rings. The quantitative estimate of drug-likeness (QED) is 0.630. The van der Waals surface area contributed by atoms with Crippen LogP contribution in [0, 0.1) is 6.92 Å². The summed E-state index contributed by atoms with van der Waals surface area (Å²) in [5.41, 5.74) is 1.93. The van der Waals surface area contributed by atoms with E-state index in [0.29, 0.717) is 5.15 Å². The zero-order chi connectivity index (χ0) is 7.56. The molecule has 0 bridgehead atoms. The number of rotatable bonds is 1. The maximum absolute atomic E-state index is 5.68. The van der Waals surface area contributed by atoms with Crippen LogP contribution >= 0.6 is 11.6 Å². The Kier molecular flexibility index (Phi) is 2.12. The average molecular weight is 157 g/mol. The van der Waals surface area contributed by atoms with Crippen LogP contribution in [0.3, 0.4) is 0 Å². The van der Waals surface area contributed by atoms with Gasteiger partial charge in [-0.2, -0.15) is 0 Å². The second kappa shape index (κ2) is 2.88. The molecule has 3 heteroatoms. The highest BCUT2D eigenvalue weighted by Crippen LogP contribution is 2.13. The fourth-order valence-electron chi connectivity index (χ4n) is 0.772. The van der Waals surface area contributed by atoms with E-state index in [9.17, 15) is 0 Å². The molecule has 0 aliphatic carbocycles. The van der Waals surface area contributed by atoms with Crippen molar-refractivity contribution >= 4 is 17.3 Å². The number of aromatic nitrogens is 1. The number of nitrogens with one attached hydrogen (secondary N) is 1. The van der Waals surface area contributed by atoms with Crippen LogP contribution < -0.4 is 5.32 Å². The summed E-state index contributed by atoms with van der Waals surface area (Å²) in [4.78, 5) is 4.01. The first-order valence-electron chi connectivity index (χ1n) is 3.04. The van der Waals surface area contributed by atoms with E-state index >= 15 is 0 Å². The number of pyridine rings is 1. The van der Waals surface area contributed by atoms with Gasteiger partial charge in [0.25, 0.3) is 0 Å². The SMILES string of the molecule is CNc1cc(C)nc(Cl)c1. The highest BCUT2D eigenvalue weighted by Gasteiger charge is 1.93. The smallest absolute Gasteiger partial charge is 0.131 e. The second-order valence-electron chi connectivity index (χ2n) is 2.07. The van der Waals surface area contributed by atoms with Crippen LogP contribution in [0.25, 0.3) is 0 Å². The molecule has 0 atom stereocenters. The number of halogens is 1. The molecule has 0 radical (unpaired) electrons. The van der Waals surface area contributed by atoms with Crippen molar-refractivity contribution in [1.82, 2.24) is 4.98 Å². The fraction of sp³-hybridized carbons (Fsp3) is 0.286. The minimum atomic E-state index is 0.532. The van der Waals surface area contributed by atoms with Crippen molar-refractivity contribution in [2.45, 2.75) is 6.92 Å². The second-order valence-corrected chi connectivity index (χ2v) is 2.46. The third kappa shape index (κ3) is 1.61. The van der Waals surface area contributed by atoms with Gasteiger partial charge in [-0.25, -0.2) is 4.98 Å². The largest absolute Gasteiger partial charge is 0.388 e. The van der Waals surface area contributed by atoms with Crippen LogP contribution in [0.5, 0.6) is 0 Å². The summed E-state index contributed by atoms with van der Waals surface area (Å²) < 4.78 is 0. The number of nitrogens with zero attached hydrogens (tertiary/aromatic N) is 1. The summed E-state index contributed by atoms with van der Waals surface area (Å²) >= 11 is 5.68. The lowest BCUT2D eigenvalue weighted by molar-refractivity contribution is 1.20. The lowest BCUT2D eigenvalue weighted by atomic mass is 10.3. The van der Waals surface area contributed by atoms with Crippen molar-refractivity contribution in [3.05, 3.63) is 23.0 Å². The van der Waals surface area contributed by atoms with E-state index in [1.165, 1.54) is 0 Å². The molecule has 1 heterocycles. The van der Waals surface area contributed by atoms with Gasteiger partial charge in [0.2, 0.25) is 0 Å². The van der Waals surface area contributed by atoms with E-state index in [-0.39, 0.29) is 0 Å². The third-order valence-corrected chi connectivity index (χ3v) is 1.40. The van der Waals surface area contributed by atoms with Crippen LogP contribution in [-0.4, -0.2) is 12.0 Å². The fourth-order valence-corrected chi connectivity index (χ4v) is 1.02. The molecule has 2 nitrogen and oxygen atoms in total. The van der Waals surface area contributed by atoms with E-state index in [1.807, 2.05) is 20.0 Å². The molecule has 0 saturated carbocycles. The lowest BCUT2D eigenvalue weighted by Gasteiger charge is -2.00. The van der Waals surface area contributed by atoms with Gasteiger partial charge >= 0.3 is 0 Å². The first-order chi connectivity index (χ1) is 4.72. The molecular weight excluding hydrogens is 148 g/mol. The van der Waals surface area contributed by atoms with Crippen molar-refractivity contribution in [1.29, 1.82) is 0 Å². The molecule has 0 amide bonds. The molecular formula is C7H9ClN2. The van der Waals surface area contributed by atoms with Gasteiger partial charge in [0.05, 0.1) is 0 Å². The number of anilines is 1. The van der Waals surface area contributed by atoms with Gasteiger partial charge in [-0.05, 0) is 19.1 Å². The van der Waals surface area contributed by atoms with Gasteiger partial charge in [0.15, 0.2) is 0 Å². The average Bonchev–Trinajstić information content (AvgIpc) is 1.85. The van der Waals surface area contributed by atoms with Crippen LogP contribution in [0.4, 0.5) is 5.69 Å². The topological polar surface area (TPSA) is 24.9 Å². The minimum Gasteiger partial charge on any atom is -0.388 e. The highest BCUT2D eigenvalue weighted by atomic mass is 35.5. The summed E-state index contributed by atoms with van der Waals surface area (Å²) in [6.07, 6.45) is 0. The predicted octanol–water partition coefficient (Wildman–Crippen LogP) is 2.09. The molecule has 0 aromatic carbocycles. The molecule has 54 valence electrons. The van der Waals surface area contributed by atoms with Crippen molar-refractivity contribution in [3.8, 4) is 0 Å². The van der Waals surface area contributed by atoms with Crippen molar-refractivity contribution in [2.75, 3.05) is 12.4 Å². The zero-order valence-corrected chi connectivity index (χ0v) is 6.74. The summed E-state index contributed by atoms with van der Waals surface area (Å²) in [5, 5.41) is 3.52. The minimum absolute atomic E-state index is 0.532. The molecule has 0 fully saturated rings. The van der Waals surface area contributed by atoms with E-state index in [2.05, 4.69) is 10.3 Å². The first kappa shape index (κ1) is 7.35. The van der Waals surface area contributed by atoms with Gasteiger partial charge in [-0.15, -0.1) is 0 Å². The van der Waals surface area contributed by atoms with Crippen molar-refractivity contribution in [3.63, 3.8) is 0 Å². The van der Waals surface area contributed by atoms with Crippen LogP contribution in [0.2, 0.25) is 5.15 Å². The Labute approximate surface area is 65.2 Å². The number of hydrogen-bond donors (Lipinski definition) is 1. The first-order valence-corrected chi connectivity index (χ1v) is 3.42. The van der Waals surface area contributed by atoms with Gasteiger partial charge < -0.3 is 5.32 Å². The number of aryl methyl sites for hydroxylation is 1. The van der Waals surface area contributed by atoms with Crippen molar-refractivity contribution in [2.24, 2.45) is 0 Å². The lowest BCUT2D eigenvalue weighted by Crippen LogP contribution is -1.90. The van der Waals surface area contributed by atoms with E-state index < -0.39 is 0 Å². The Bertz CT molecular complexity index is 215. The highest BCUT2D eigenvalue weighted by molar-refractivity contribution is 6.29. The normalized spacial score (nSPS) is 9.50. The maximum atomic E-state index is 5.68. The summed E-state index contributed by atoms with van der Waals surface area (Å²) in [5.74, 6) is 0. The Morgan fingerprint density at radius 1 is 1.50 bits per heavy atom. The third-order valence-electron chi connectivity index (χ3n) is 1.21. The Morgan fingerprint density at radius 2 is 2.20 bits per heavy atom. The van der Waals surface area contributed by atoms with Crippen LogP contribution in [0.1, 0.15) is 5.69 Å². The van der Waals surface area contributed by atoms with E-state index in [0.717, 1.165) is 11.4 Å². The Hall–Kier alpha value is -0.760. The molecule has 1 rings (SSSR count). The molecule has 1 N–H and O–H groups in total. The van der Waals surface area contributed by atoms with Gasteiger partial charge in [-0.1, -0.05) is 11.6 Å². The van der Waals surface area contributed by atoms with Crippen molar-refractivity contribution < 1.29 is 0 Å². The zero-order valence-electron chi connectivity index (χ0n) is 5.98. The molecule has 10 heavy (non-hydrogen) atoms. The van der Waals surface area contributed by atoms with Crippen LogP contribution in [0.15, 0.2) is 12.1 Å². The summed E-state index contributed by atoms with van der Waals surface area (Å²) in [7, 11) is 1.85. The van der Waals surface area contributed by atoms with E-state index in [4.69, 9.17) is 11.6 Å². The number of hydrogen-bond acceptors (Lipinski definition) is 2. The van der Waals surface area contributed by atoms with Crippen LogP contribution in [-0.2, 0) is 0 Å². The Balaban J connectivity index is 3.06. The van der Waals surface area contributed by atoms with Gasteiger partial charge in [0.1, 0.15) is 5.15 Å². The standard InChI is InChI=1S/C7H9ClN2/c1-5-3-6(9-2)4-7(8)10-5/h3-4H,1-2H3,(H,9,10). The molecule has 0 unspecified atom stereocenters. The molecule has 1 aromatic rings. The summed E-state index contributed by atoms with van der Waals surface area (Å²) in [6.45, 7) is 1.91. The summed E-state index contributed by atoms with van der Waals surface area (Å²) in [6, 6.07) is 3.72. The van der Waals surface area contributed by atoms with Gasteiger partial charge in [-0.3, -0.25) is 0 Å². The van der Waals surface area contributed by atoms with E-state index in [1.54, 1.807) is 6.07 Å². The molecule has 0 spiro atoms. The predicted molar refractivity (Wildman–Crippen MR) is 43.5 cm³/mol. The molecule has 1 aromatic heterocycles. The molecule has 0 saturated heterocycles. The maximum Gasteiger partial charge on any atom is 0.131 e. The van der Waals surface area contributed by atoms with Gasteiger partial charge in [0, 0.05) is 18.4 Å². The molecule has 0 aliphatic heterocycles. The Morgan fingerprint density at radius 3 is 2.70 bits per heavy atom.